The average molecular weight is 656 g/mol. The molecule has 0 amide bonds. The van der Waals surface area contributed by atoms with Crippen molar-refractivity contribution >= 4 is 28.7 Å². The molecule has 248 valence electrons. The van der Waals surface area contributed by atoms with E-state index in [-0.39, 0.29) is 36.2 Å². The van der Waals surface area contributed by atoms with Crippen LogP contribution in [-0.2, 0) is 19.0 Å². The van der Waals surface area contributed by atoms with Crippen LogP contribution in [0, 0.1) is 11.3 Å². The summed E-state index contributed by atoms with van der Waals surface area (Å²) in [6.45, 7) is 10.4. The number of rotatable bonds is 19. The van der Waals surface area contributed by atoms with Crippen LogP contribution < -0.4 is 15.1 Å². The summed E-state index contributed by atoms with van der Waals surface area (Å²) in [5.74, 6) is 1.80. The molecule has 0 aliphatic rings. The van der Waals surface area contributed by atoms with Crippen LogP contribution in [0.5, 0.6) is 11.6 Å². The Bertz CT molecular complexity index is 1410. The molecule has 45 heavy (non-hydrogen) atoms. The van der Waals surface area contributed by atoms with Crippen molar-refractivity contribution in [2.75, 3.05) is 51.1 Å². The fourth-order valence-corrected chi connectivity index (χ4v) is 4.67. The Morgan fingerprint density at radius 2 is 1.62 bits per heavy atom. The molecule has 9 nitrogen and oxygen atoms in total. The number of carbonyl (C=O) groups is 1. The lowest BCUT2D eigenvalue weighted by atomic mass is 9.85. The molecule has 0 saturated carbocycles. The Morgan fingerprint density at radius 3 is 2.27 bits per heavy atom. The van der Waals surface area contributed by atoms with Gasteiger partial charge in [-0.15, -0.1) is 13.2 Å². The number of nitrogens with zero attached hydrogens (tertiary/aromatic N) is 1. The monoisotopic (exact) mass is 655 g/mol. The number of hydrogen-bond donors (Lipinski definition) is 0. The number of ether oxygens (including phenoxy) is 5. The number of aromatic nitrogens is 1. The van der Waals surface area contributed by atoms with Gasteiger partial charge in [-0.2, -0.15) is 11.8 Å². The number of halogens is 3. The molecule has 0 N–H and O–H groups in total. The maximum Gasteiger partial charge on any atom is 0.573 e. The lowest BCUT2D eigenvalue weighted by molar-refractivity contribution is -0.274. The molecule has 0 saturated heterocycles. The topological polar surface area (TPSA) is 106 Å². The largest absolute Gasteiger partial charge is 0.573 e. The fourth-order valence-electron chi connectivity index (χ4n) is 4.00. The first-order chi connectivity index (χ1) is 21.3. The van der Waals surface area contributed by atoms with E-state index in [4.69, 9.17) is 23.4 Å². The van der Waals surface area contributed by atoms with E-state index in [0.717, 1.165) is 36.5 Å². The van der Waals surface area contributed by atoms with Crippen LogP contribution in [-0.4, -0.2) is 68.5 Å². The van der Waals surface area contributed by atoms with E-state index in [1.54, 1.807) is 17.8 Å². The zero-order valence-corrected chi connectivity index (χ0v) is 26.8. The standard InChI is InChI=1S/C32H40F3NO8S/c1-22(2)9-10-31(3,4)30(38)42-14-12-40-16-18-45-17-15-39-11-13-41-28-20-27-24(21-36-28)19-26(29(37)43-27)23-5-7-25(8-6-23)44-32(33,34)35/h5-8,19-22H,9-18H2,1-4H3. The summed E-state index contributed by atoms with van der Waals surface area (Å²) in [7, 11) is 0. The second-order valence-electron chi connectivity index (χ2n) is 11.2. The van der Waals surface area contributed by atoms with Gasteiger partial charge in [0.25, 0.3) is 0 Å². The molecule has 0 radical (unpaired) electrons. The third-order valence-electron chi connectivity index (χ3n) is 6.57. The van der Waals surface area contributed by atoms with Gasteiger partial charge in [0.1, 0.15) is 24.5 Å². The van der Waals surface area contributed by atoms with Crippen LogP contribution in [0.2, 0.25) is 0 Å². The van der Waals surface area contributed by atoms with Gasteiger partial charge < -0.3 is 28.1 Å². The SMILES string of the molecule is CC(C)CCC(C)(C)C(=O)OCCOCCSCCOCCOc1cc2oc(=O)c(-c3ccc(OC(F)(F)F)cc3)cc2cn1. The number of pyridine rings is 1. The van der Waals surface area contributed by atoms with Crippen LogP contribution in [0.1, 0.15) is 40.5 Å². The molecule has 0 aliphatic carbocycles. The maximum absolute atomic E-state index is 12.5. The lowest BCUT2D eigenvalue weighted by Crippen LogP contribution is -2.28. The Labute approximate surface area is 264 Å². The maximum atomic E-state index is 12.5. The van der Waals surface area contributed by atoms with Crippen LogP contribution in [0.15, 0.2) is 51.8 Å². The summed E-state index contributed by atoms with van der Waals surface area (Å²) >= 11 is 1.69. The summed E-state index contributed by atoms with van der Waals surface area (Å²) in [6, 6.07) is 7.97. The van der Waals surface area contributed by atoms with E-state index < -0.39 is 23.2 Å². The molecule has 0 unspecified atom stereocenters. The van der Waals surface area contributed by atoms with E-state index in [1.807, 2.05) is 13.8 Å². The number of esters is 1. The zero-order valence-electron chi connectivity index (χ0n) is 25.9. The Kier molecular flexibility index (Phi) is 14.0. The van der Waals surface area contributed by atoms with Gasteiger partial charge in [0.05, 0.1) is 37.4 Å². The number of hydrogen-bond acceptors (Lipinski definition) is 10. The van der Waals surface area contributed by atoms with Gasteiger partial charge in [-0.1, -0.05) is 26.0 Å². The van der Waals surface area contributed by atoms with Gasteiger partial charge >= 0.3 is 18.0 Å². The first-order valence-corrected chi connectivity index (χ1v) is 15.8. The van der Waals surface area contributed by atoms with Crippen molar-refractivity contribution in [2.24, 2.45) is 11.3 Å². The molecule has 3 rings (SSSR count). The smallest absolute Gasteiger partial charge is 0.475 e. The molecule has 0 atom stereocenters. The Morgan fingerprint density at radius 1 is 0.956 bits per heavy atom. The summed E-state index contributed by atoms with van der Waals surface area (Å²) in [6.07, 6.45) is -1.54. The van der Waals surface area contributed by atoms with Gasteiger partial charge in [0.15, 0.2) is 0 Å². The highest BCUT2D eigenvalue weighted by Crippen LogP contribution is 2.28. The van der Waals surface area contributed by atoms with E-state index >= 15 is 0 Å². The van der Waals surface area contributed by atoms with Gasteiger partial charge in [0.2, 0.25) is 5.88 Å². The minimum Gasteiger partial charge on any atom is -0.475 e. The lowest BCUT2D eigenvalue weighted by Gasteiger charge is -2.23. The van der Waals surface area contributed by atoms with E-state index in [1.165, 1.54) is 24.4 Å². The highest BCUT2D eigenvalue weighted by atomic mass is 32.2. The van der Waals surface area contributed by atoms with E-state index in [9.17, 15) is 22.8 Å². The van der Waals surface area contributed by atoms with Gasteiger partial charge in [0, 0.05) is 29.2 Å². The summed E-state index contributed by atoms with van der Waals surface area (Å²) in [4.78, 5) is 29.0. The van der Waals surface area contributed by atoms with Gasteiger partial charge in [-0.3, -0.25) is 4.79 Å². The zero-order chi connectivity index (χ0) is 32.9. The highest BCUT2D eigenvalue weighted by Gasteiger charge is 2.31. The van der Waals surface area contributed by atoms with Crippen molar-refractivity contribution in [3.63, 3.8) is 0 Å². The molecule has 0 bridgehead atoms. The van der Waals surface area contributed by atoms with Crippen molar-refractivity contribution in [3.8, 4) is 22.8 Å². The summed E-state index contributed by atoms with van der Waals surface area (Å²) in [5, 5.41) is 0.520. The second kappa shape index (κ2) is 17.4. The molecule has 13 heteroatoms. The third-order valence-corrected chi connectivity index (χ3v) is 7.48. The Balaban J connectivity index is 1.27. The molecule has 2 heterocycles. The number of carbonyl (C=O) groups excluding carboxylic acids is 1. The Hall–Kier alpha value is -3.29. The van der Waals surface area contributed by atoms with E-state index in [0.29, 0.717) is 43.3 Å². The van der Waals surface area contributed by atoms with Crippen LogP contribution in [0.25, 0.3) is 22.1 Å². The highest BCUT2D eigenvalue weighted by molar-refractivity contribution is 7.99. The van der Waals surface area contributed by atoms with Crippen LogP contribution in [0.3, 0.4) is 0 Å². The minimum atomic E-state index is -4.80. The molecule has 0 fully saturated rings. The quantitative estimate of drug-likeness (QED) is 0.1000. The van der Waals surface area contributed by atoms with Gasteiger partial charge in [-0.05, 0) is 56.4 Å². The van der Waals surface area contributed by atoms with Crippen molar-refractivity contribution in [1.82, 2.24) is 4.98 Å². The first kappa shape index (κ1) is 36.2. The average Bonchev–Trinajstić information content (AvgIpc) is 2.97. The third kappa shape index (κ3) is 12.9. The molecular formula is C32H40F3NO8S. The molecule has 1 aromatic carbocycles. The summed E-state index contributed by atoms with van der Waals surface area (Å²) in [5.41, 5.74) is -0.338. The minimum absolute atomic E-state index is 0.173. The molecule has 3 aromatic rings. The van der Waals surface area contributed by atoms with E-state index in [2.05, 4.69) is 23.6 Å². The second-order valence-corrected chi connectivity index (χ2v) is 12.4. The number of fused-ring (bicyclic) bond motifs is 1. The molecule has 0 spiro atoms. The number of alkyl halides is 3. The van der Waals surface area contributed by atoms with Crippen molar-refractivity contribution in [2.45, 2.75) is 46.9 Å². The van der Waals surface area contributed by atoms with Crippen molar-refractivity contribution in [1.29, 1.82) is 0 Å². The van der Waals surface area contributed by atoms with Gasteiger partial charge in [-0.25, -0.2) is 9.78 Å². The number of benzene rings is 1. The first-order valence-electron chi connectivity index (χ1n) is 14.7. The fraction of sp³-hybridized carbons (Fsp3) is 0.531. The molecule has 0 aliphatic heterocycles. The number of thioether (sulfide) groups is 1. The predicted molar refractivity (Wildman–Crippen MR) is 166 cm³/mol. The van der Waals surface area contributed by atoms with Crippen molar-refractivity contribution < 1.29 is 46.1 Å². The normalized spacial score (nSPS) is 12.1. The summed E-state index contributed by atoms with van der Waals surface area (Å²) < 4.78 is 68.5. The molecule has 2 aromatic heterocycles. The molecular weight excluding hydrogens is 615 g/mol. The predicted octanol–water partition coefficient (Wildman–Crippen LogP) is 6.90. The van der Waals surface area contributed by atoms with Crippen LogP contribution >= 0.6 is 11.8 Å². The van der Waals surface area contributed by atoms with Crippen molar-refractivity contribution in [3.05, 3.63) is 53.0 Å². The van der Waals surface area contributed by atoms with Crippen LogP contribution in [0.4, 0.5) is 13.2 Å².